The molecule has 0 aliphatic rings. The molecule has 0 bridgehead atoms. The molecule has 0 N–H and O–H groups in total. The molecule has 0 radical (unpaired) electrons. The van der Waals surface area contributed by atoms with E-state index in [4.69, 9.17) is 0 Å². The van der Waals surface area contributed by atoms with Gasteiger partial charge in [0.05, 0.1) is 0 Å². The molecule has 19 heavy (non-hydrogen) atoms. The second-order valence-corrected chi connectivity index (χ2v) is 4.12. The Balaban J connectivity index is 2.12. The maximum Gasteiger partial charge on any atom is 0.274 e. The fourth-order valence-electron chi connectivity index (χ4n) is 1.82. The van der Waals surface area contributed by atoms with Gasteiger partial charge in [0.15, 0.2) is 0 Å². The van der Waals surface area contributed by atoms with Crippen LogP contribution in [0.5, 0.6) is 0 Å². The number of rotatable bonds is 4. The van der Waals surface area contributed by atoms with Crippen LogP contribution in [0, 0.1) is 0 Å². The summed E-state index contributed by atoms with van der Waals surface area (Å²) in [5, 5.41) is 0. The van der Waals surface area contributed by atoms with E-state index in [0.29, 0.717) is 5.56 Å². The smallest absolute Gasteiger partial charge is 0.173 e. The van der Waals surface area contributed by atoms with Crippen molar-refractivity contribution < 1.29 is 8.78 Å². The van der Waals surface area contributed by atoms with Crippen molar-refractivity contribution in [1.29, 1.82) is 0 Å². The van der Waals surface area contributed by atoms with Crippen LogP contribution in [0.25, 0.3) is 11.6 Å². The largest absolute Gasteiger partial charge is 0.274 e. The van der Waals surface area contributed by atoms with Crippen LogP contribution >= 0.6 is 0 Å². The Morgan fingerprint density at radius 1 is 0.842 bits per heavy atom. The molecule has 2 aromatic carbocycles. The average Bonchev–Trinajstić information content (AvgIpc) is 2.45. The van der Waals surface area contributed by atoms with Gasteiger partial charge in [-0.25, -0.2) is 0 Å². The van der Waals surface area contributed by atoms with Crippen molar-refractivity contribution in [2.45, 2.75) is 6.42 Å². The number of benzene rings is 2. The molecule has 0 aromatic heterocycles. The maximum absolute atomic E-state index is 13.0. The topological polar surface area (TPSA) is 0 Å². The van der Waals surface area contributed by atoms with Crippen LogP contribution in [0.2, 0.25) is 0 Å². The van der Waals surface area contributed by atoms with Gasteiger partial charge in [-0.2, -0.15) is 8.78 Å². The molecule has 96 valence electrons. The first-order chi connectivity index (χ1) is 9.27. The highest BCUT2D eigenvalue weighted by Crippen LogP contribution is 2.24. The lowest BCUT2D eigenvalue weighted by Gasteiger charge is -2.03. The molecule has 0 saturated heterocycles. The molecule has 0 spiro atoms. The molecule has 2 aromatic rings. The third kappa shape index (κ3) is 3.88. The summed E-state index contributed by atoms with van der Waals surface area (Å²) in [7, 11) is 0. The first-order valence-electron chi connectivity index (χ1n) is 6.08. The number of halogens is 2. The highest BCUT2D eigenvalue weighted by Gasteiger charge is 2.06. The predicted octanol–water partition coefficient (Wildman–Crippen LogP) is 5.40. The van der Waals surface area contributed by atoms with Gasteiger partial charge in [-0.3, -0.25) is 0 Å². The van der Waals surface area contributed by atoms with Crippen LogP contribution in [-0.4, -0.2) is 0 Å². The van der Waals surface area contributed by atoms with Crippen molar-refractivity contribution in [1.82, 2.24) is 0 Å². The summed E-state index contributed by atoms with van der Waals surface area (Å²) >= 11 is 0. The fraction of sp³-hybridized carbons (Fsp3) is 0.0588. The zero-order valence-electron chi connectivity index (χ0n) is 10.4. The van der Waals surface area contributed by atoms with Gasteiger partial charge in [0.1, 0.15) is 0 Å². The second kappa shape index (κ2) is 6.64. The number of hydrogen-bond donors (Lipinski definition) is 0. The van der Waals surface area contributed by atoms with Crippen LogP contribution in [0.15, 0.2) is 72.8 Å². The van der Waals surface area contributed by atoms with Crippen molar-refractivity contribution in [3.8, 4) is 0 Å². The molecule has 0 atom stereocenters. The quantitative estimate of drug-likeness (QED) is 0.687. The molecule has 0 saturated carbocycles. The zero-order valence-corrected chi connectivity index (χ0v) is 10.4. The molecule has 2 heteroatoms. The van der Waals surface area contributed by atoms with Crippen molar-refractivity contribution in [2.75, 3.05) is 0 Å². The van der Waals surface area contributed by atoms with E-state index in [-0.39, 0.29) is 12.0 Å². The van der Waals surface area contributed by atoms with E-state index in [1.165, 1.54) is 0 Å². The Morgan fingerprint density at radius 3 is 2.00 bits per heavy atom. The zero-order chi connectivity index (χ0) is 13.5. The first-order valence-corrected chi connectivity index (χ1v) is 6.08. The molecule has 0 nitrogen and oxygen atoms in total. The Bertz CT molecular complexity index is 565. The highest BCUT2D eigenvalue weighted by molar-refractivity contribution is 5.68. The van der Waals surface area contributed by atoms with Crippen LogP contribution in [-0.2, 0) is 0 Å². The van der Waals surface area contributed by atoms with Crippen molar-refractivity contribution in [3.63, 3.8) is 0 Å². The summed E-state index contributed by atoms with van der Waals surface area (Å²) in [4.78, 5) is 0. The van der Waals surface area contributed by atoms with Crippen LogP contribution in [0.1, 0.15) is 17.5 Å². The minimum atomic E-state index is -1.62. The SMILES string of the molecule is FC(F)=C(C/C=C/c1ccccc1)c1ccccc1. The third-order valence-corrected chi connectivity index (χ3v) is 2.78. The van der Waals surface area contributed by atoms with E-state index in [1.807, 2.05) is 42.5 Å². The molecular formula is C17H14F2. The molecule has 0 aliphatic heterocycles. The summed E-state index contributed by atoms with van der Waals surface area (Å²) in [5.74, 6) is 0. The van der Waals surface area contributed by atoms with Crippen LogP contribution < -0.4 is 0 Å². The van der Waals surface area contributed by atoms with Gasteiger partial charge in [0.25, 0.3) is 6.08 Å². The van der Waals surface area contributed by atoms with E-state index in [1.54, 1.807) is 30.3 Å². The Hall–Kier alpha value is -2.22. The normalized spacial score (nSPS) is 10.6. The molecule has 0 aliphatic carbocycles. The summed E-state index contributed by atoms with van der Waals surface area (Å²) < 4.78 is 25.9. The lowest BCUT2D eigenvalue weighted by atomic mass is 10.0. The van der Waals surface area contributed by atoms with Crippen LogP contribution in [0.3, 0.4) is 0 Å². The van der Waals surface area contributed by atoms with E-state index < -0.39 is 6.08 Å². The monoisotopic (exact) mass is 256 g/mol. The van der Waals surface area contributed by atoms with E-state index in [9.17, 15) is 8.78 Å². The van der Waals surface area contributed by atoms with Gasteiger partial charge in [-0.05, 0) is 17.5 Å². The number of allylic oxidation sites excluding steroid dienone is 2. The van der Waals surface area contributed by atoms with Crippen molar-refractivity contribution in [2.24, 2.45) is 0 Å². The van der Waals surface area contributed by atoms with E-state index >= 15 is 0 Å². The average molecular weight is 256 g/mol. The standard InChI is InChI=1S/C17H14F2/c18-17(19)16(15-11-5-2-6-12-15)13-7-10-14-8-3-1-4-9-14/h1-12H,13H2/b10-7+. The summed E-state index contributed by atoms with van der Waals surface area (Å²) in [6.45, 7) is 0. The first kappa shape index (κ1) is 13.2. The van der Waals surface area contributed by atoms with Crippen molar-refractivity contribution >= 4 is 11.6 Å². The third-order valence-electron chi connectivity index (χ3n) is 2.78. The van der Waals surface area contributed by atoms with E-state index in [0.717, 1.165) is 5.56 Å². The maximum atomic E-state index is 13.0. The molecule has 2 rings (SSSR count). The Labute approximate surface area is 111 Å². The van der Waals surface area contributed by atoms with Crippen molar-refractivity contribution in [3.05, 3.63) is 83.9 Å². The molecule has 0 amide bonds. The summed E-state index contributed by atoms with van der Waals surface area (Å²) in [6.07, 6.45) is 2.22. The molecule has 0 heterocycles. The molecule has 0 unspecified atom stereocenters. The Morgan fingerprint density at radius 2 is 1.42 bits per heavy atom. The lowest BCUT2D eigenvalue weighted by molar-refractivity contribution is 0.424. The van der Waals surface area contributed by atoms with Gasteiger partial charge >= 0.3 is 0 Å². The summed E-state index contributed by atoms with van der Waals surface area (Å²) in [5.41, 5.74) is 1.65. The minimum Gasteiger partial charge on any atom is -0.173 e. The number of hydrogen-bond acceptors (Lipinski definition) is 0. The molecular weight excluding hydrogens is 242 g/mol. The summed E-state index contributed by atoms with van der Waals surface area (Å²) in [6, 6.07) is 18.4. The minimum absolute atomic E-state index is 0.0766. The van der Waals surface area contributed by atoms with Crippen LogP contribution in [0.4, 0.5) is 8.78 Å². The highest BCUT2D eigenvalue weighted by atomic mass is 19.3. The van der Waals surface area contributed by atoms with Gasteiger partial charge in [-0.1, -0.05) is 72.8 Å². The van der Waals surface area contributed by atoms with Gasteiger partial charge in [-0.15, -0.1) is 0 Å². The van der Waals surface area contributed by atoms with Gasteiger partial charge in [0.2, 0.25) is 0 Å². The second-order valence-electron chi connectivity index (χ2n) is 4.12. The van der Waals surface area contributed by atoms with Gasteiger partial charge in [0, 0.05) is 5.57 Å². The predicted molar refractivity (Wildman–Crippen MR) is 75.7 cm³/mol. The lowest BCUT2D eigenvalue weighted by Crippen LogP contribution is -1.84. The fourth-order valence-corrected chi connectivity index (χ4v) is 1.82. The van der Waals surface area contributed by atoms with E-state index in [2.05, 4.69) is 0 Å². The van der Waals surface area contributed by atoms with Gasteiger partial charge < -0.3 is 0 Å². The molecule has 0 fully saturated rings. The Kier molecular flexibility index (Phi) is 4.62.